The zero-order chi connectivity index (χ0) is 17.9. The summed E-state index contributed by atoms with van der Waals surface area (Å²) in [5.74, 6) is 1.20. The van der Waals surface area contributed by atoms with Gasteiger partial charge in [0.25, 0.3) is 0 Å². The average Bonchev–Trinajstić information content (AvgIpc) is 3.00. The number of aryl methyl sites for hydroxylation is 1. The molecular formula is C20H30N2O3. The molecule has 1 spiro atoms. The number of piperidine rings is 1. The highest BCUT2D eigenvalue weighted by molar-refractivity contribution is 5.84. The number of hydrogen-bond donors (Lipinski definition) is 1. The molecule has 138 valence electrons. The van der Waals surface area contributed by atoms with E-state index in [-0.39, 0.29) is 17.9 Å². The first-order valence-corrected chi connectivity index (χ1v) is 9.37. The molecule has 0 aliphatic carbocycles. The van der Waals surface area contributed by atoms with Crippen LogP contribution in [-0.4, -0.2) is 66.8 Å². The van der Waals surface area contributed by atoms with Crippen LogP contribution in [0.3, 0.4) is 0 Å². The van der Waals surface area contributed by atoms with E-state index in [0.29, 0.717) is 13.2 Å². The number of rotatable bonds is 6. The van der Waals surface area contributed by atoms with Crippen LogP contribution in [0.5, 0.6) is 5.75 Å². The molecule has 2 aliphatic heterocycles. The quantitative estimate of drug-likeness (QED) is 0.856. The lowest BCUT2D eigenvalue weighted by Gasteiger charge is -2.39. The number of aliphatic hydroxyl groups excluding tert-OH is 1. The van der Waals surface area contributed by atoms with Crippen LogP contribution in [0.4, 0.5) is 0 Å². The number of hydrogen-bond acceptors (Lipinski definition) is 4. The van der Waals surface area contributed by atoms with Crippen LogP contribution >= 0.6 is 0 Å². The molecule has 2 heterocycles. The van der Waals surface area contributed by atoms with E-state index >= 15 is 0 Å². The highest BCUT2D eigenvalue weighted by Crippen LogP contribution is 2.39. The number of nitrogens with zero attached hydrogens (tertiary/aromatic N) is 2. The summed E-state index contributed by atoms with van der Waals surface area (Å²) in [4.78, 5) is 17.0. The van der Waals surface area contributed by atoms with Gasteiger partial charge in [0.15, 0.2) is 0 Å². The lowest BCUT2D eigenvalue weighted by atomic mass is 9.78. The maximum absolute atomic E-state index is 12.8. The second kappa shape index (κ2) is 7.75. The summed E-state index contributed by atoms with van der Waals surface area (Å²) in [7, 11) is 0. The van der Waals surface area contributed by atoms with E-state index in [0.717, 1.165) is 51.2 Å². The molecule has 1 unspecified atom stereocenters. The number of carbonyl (C=O) groups is 1. The molecule has 25 heavy (non-hydrogen) atoms. The molecule has 2 aliphatic rings. The van der Waals surface area contributed by atoms with Crippen LogP contribution < -0.4 is 4.74 Å². The van der Waals surface area contributed by atoms with Crippen molar-refractivity contribution in [2.75, 3.05) is 45.9 Å². The van der Waals surface area contributed by atoms with Crippen molar-refractivity contribution in [1.29, 1.82) is 0 Å². The molecule has 5 nitrogen and oxygen atoms in total. The number of carbonyl (C=O) groups excluding carboxylic acids is 1. The van der Waals surface area contributed by atoms with E-state index in [2.05, 4.69) is 24.8 Å². The van der Waals surface area contributed by atoms with Gasteiger partial charge in [0.1, 0.15) is 12.4 Å². The summed E-state index contributed by atoms with van der Waals surface area (Å²) in [6, 6.07) is 6.14. The molecular weight excluding hydrogens is 316 g/mol. The summed E-state index contributed by atoms with van der Waals surface area (Å²) in [6.07, 6.45) is 2.94. The van der Waals surface area contributed by atoms with Gasteiger partial charge in [0.2, 0.25) is 5.91 Å². The van der Waals surface area contributed by atoms with Gasteiger partial charge in [-0.3, -0.25) is 9.69 Å². The molecule has 0 bridgehead atoms. The number of amides is 1. The molecule has 3 rings (SSSR count). The Bertz CT molecular complexity index is 617. The Morgan fingerprint density at radius 1 is 1.20 bits per heavy atom. The van der Waals surface area contributed by atoms with Gasteiger partial charge in [0.05, 0.1) is 12.0 Å². The van der Waals surface area contributed by atoms with Gasteiger partial charge < -0.3 is 14.7 Å². The Kier molecular flexibility index (Phi) is 5.64. The number of aliphatic hydroxyl groups is 1. The standard InChI is InChI=1S/C20H30N2O3/c1-16-5-3-6-18(17(16)2)25-14-12-21-10-8-20(15-21)7-4-9-22(11-13-23)19(20)24/h3,5-6,23H,4,7-15H2,1-2H3. The first-order chi connectivity index (χ1) is 12.1. The van der Waals surface area contributed by atoms with Gasteiger partial charge in [-0.2, -0.15) is 0 Å². The number of ether oxygens (including phenoxy) is 1. The molecule has 1 aromatic carbocycles. The molecule has 5 heteroatoms. The fourth-order valence-corrected chi connectivity index (χ4v) is 4.18. The topological polar surface area (TPSA) is 53.0 Å². The van der Waals surface area contributed by atoms with Crippen LogP contribution in [0.1, 0.15) is 30.4 Å². The third-order valence-corrected chi connectivity index (χ3v) is 5.85. The summed E-state index contributed by atoms with van der Waals surface area (Å²) >= 11 is 0. The monoisotopic (exact) mass is 346 g/mol. The van der Waals surface area contributed by atoms with Crippen molar-refractivity contribution in [3.63, 3.8) is 0 Å². The Morgan fingerprint density at radius 3 is 2.84 bits per heavy atom. The second-order valence-corrected chi connectivity index (χ2v) is 7.47. The highest BCUT2D eigenvalue weighted by Gasteiger charge is 2.47. The first-order valence-electron chi connectivity index (χ1n) is 9.37. The number of benzene rings is 1. The molecule has 0 aromatic heterocycles. The van der Waals surface area contributed by atoms with Gasteiger partial charge in [0, 0.05) is 26.2 Å². The predicted octanol–water partition coefficient (Wildman–Crippen LogP) is 1.99. The van der Waals surface area contributed by atoms with E-state index in [9.17, 15) is 4.79 Å². The maximum Gasteiger partial charge on any atom is 0.230 e. The van der Waals surface area contributed by atoms with Crippen molar-refractivity contribution in [2.24, 2.45) is 5.41 Å². The minimum Gasteiger partial charge on any atom is -0.492 e. The number of likely N-dealkylation sites (tertiary alicyclic amines) is 2. The van der Waals surface area contributed by atoms with E-state index in [1.807, 2.05) is 17.0 Å². The first kappa shape index (κ1) is 18.2. The molecule has 0 radical (unpaired) electrons. The fourth-order valence-electron chi connectivity index (χ4n) is 4.18. The summed E-state index contributed by atoms with van der Waals surface area (Å²) in [5, 5.41) is 9.16. The second-order valence-electron chi connectivity index (χ2n) is 7.47. The molecule has 1 N–H and O–H groups in total. The maximum atomic E-state index is 12.8. The van der Waals surface area contributed by atoms with E-state index in [4.69, 9.17) is 9.84 Å². The summed E-state index contributed by atoms with van der Waals surface area (Å²) < 4.78 is 5.97. The highest BCUT2D eigenvalue weighted by atomic mass is 16.5. The minimum absolute atomic E-state index is 0.0508. The van der Waals surface area contributed by atoms with Crippen LogP contribution in [0.25, 0.3) is 0 Å². The van der Waals surface area contributed by atoms with Crippen molar-refractivity contribution >= 4 is 5.91 Å². The van der Waals surface area contributed by atoms with Gasteiger partial charge in [-0.1, -0.05) is 12.1 Å². The third kappa shape index (κ3) is 3.82. The third-order valence-electron chi connectivity index (χ3n) is 5.85. The van der Waals surface area contributed by atoms with E-state index in [1.54, 1.807) is 0 Å². The van der Waals surface area contributed by atoms with Crippen LogP contribution in [0.2, 0.25) is 0 Å². The Hall–Kier alpha value is -1.59. The Balaban J connectivity index is 1.53. The van der Waals surface area contributed by atoms with Crippen molar-refractivity contribution < 1.29 is 14.6 Å². The predicted molar refractivity (Wildman–Crippen MR) is 97.8 cm³/mol. The van der Waals surface area contributed by atoms with Crippen molar-refractivity contribution in [2.45, 2.75) is 33.1 Å². The van der Waals surface area contributed by atoms with Crippen LogP contribution in [0.15, 0.2) is 18.2 Å². The largest absolute Gasteiger partial charge is 0.492 e. The lowest BCUT2D eigenvalue weighted by molar-refractivity contribution is -0.146. The van der Waals surface area contributed by atoms with Crippen molar-refractivity contribution in [3.8, 4) is 5.75 Å². The Labute approximate surface area is 150 Å². The minimum atomic E-state index is -0.229. The van der Waals surface area contributed by atoms with Crippen LogP contribution in [-0.2, 0) is 4.79 Å². The molecule has 2 saturated heterocycles. The van der Waals surface area contributed by atoms with Crippen molar-refractivity contribution in [1.82, 2.24) is 9.80 Å². The number of β-amino-alcohol motifs (C(OH)–C–C–N with tert-alkyl or cyclic N) is 1. The smallest absolute Gasteiger partial charge is 0.230 e. The SMILES string of the molecule is Cc1cccc(OCCN2CCC3(CCCN(CCO)C3=O)C2)c1C. The zero-order valence-electron chi connectivity index (χ0n) is 15.5. The van der Waals surface area contributed by atoms with E-state index in [1.165, 1.54) is 11.1 Å². The van der Waals surface area contributed by atoms with Crippen molar-refractivity contribution in [3.05, 3.63) is 29.3 Å². The van der Waals surface area contributed by atoms with Crippen LogP contribution in [0, 0.1) is 19.3 Å². The summed E-state index contributed by atoms with van der Waals surface area (Å²) in [5.41, 5.74) is 2.21. The van der Waals surface area contributed by atoms with Gasteiger partial charge in [-0.25, -0.2) is 0 Å². The normalized spacial score (nSPS) is 24.3. The zero-order valence-corrected chi connectivity index (χ0v) is 15.5. The lowest BCUT2D eigenvalue weighted by Crippen LogP contribution is -2.50. The Morgan fingerprint density at radius 2 is 2.04 bits per heavy atom. The van der Waals surface area contributed by atoms with Gasteiger partial charge in [-0.05, 0) is 56.8 Å². The molecule has 0 saturated carbocycles. The van der Waals surface area contributed by atoms with Gasteiger partial charge in [-0.15, -0.1) is 0 Å². The molecule has 1 amide bonds. The molecule has 2 fully saturated rings. The fraction of sp³-hybridized carbons (Fsp3) is 0.650. The summed E-state index contributed by atoms with van der Waals surface area (Å²) in [6.45, 7) is 8.77. The van der Waals surface area contributed by atoms with E-state index < -0.39 is 0 Å². The van der Waals surface area contributed by atoms with Gasteiger partial charge >= 0.3 is 0 Å². The average molecular weight is 346 g/mol. The molecule has 1 atom stereocenters. The molecule has 1 aromatic rings.